The molecule has 2 heterocycles. The SMILES string of the molecule is CN1/C(=C/c2oc3ccc4ccccc4c3[n+]2CCCS(=O)(=O)O)Sc2ccc(Cl)cc21. The molecule has 3 aromatic carbocycles. The summed E-state index contributed by atoms with van der Waals surface area (Å²) >= 11 is 7.79. The van der Waals surface area contributed by atoms with E-state index < -0.39 is 10.1 Å². The first kappa shape index (κ1) is 21.3. The van der Waals surface area contributed by atoms with Crippen LogP contribution in [0.25, 0.3) is 27.9 Å². The quantitative estimate of drug-likeness (QED) is 0.302. The molecule has 32 heavy (non-hydrogen) atoms. The Morgan fingerprint density at radius 2 is 2.00 bits per heavy atom. The minimum atomic E-state index is -4.04. The van der Waals surface area contributed by atoms with E-state index in [2.05, 4.69) is 4.90 Å². The van der Waals surface area contributed by atoms with Crippen molar-refractivity contribution in [3.8, 4) is 0 Å². The molecule has 1 aliphatic rings. The van der Waals surface area contributed by atoms with Gasteiger partial charge in [0.25, 0.3) is 15.6 Å². The zero-order valence-electron chi connectivity index (χ0n) is 17.2. The fraction of sp³-hybridized carbons (Fsp3) is 0.174. The number of rotatable bonds is 5. The lowest BCUT2D eigenvalue weighted by Crippen LogP contribution is -2.36. The average molecular weight is 488 g/mol. The molecule has 9 heteroatoms. The molecule has 1 aromatic heterocycles. The predicted octanol–water partition coefficient (Wildman–Crippen LogP) is 5.35. The van der Waals surface area contributed by atoms with E-state index in [1.807, 2.05) is 72.3 Å². The molecule has 0 amide bonds. The van der Waals surface area contributed by atoms with Gasteiger partial charge in [-0.3, -0.25) is 4.55 Å². The minimum absolute atomic E-state index is 0.260. The first-order valence-electron chi connectivity index (χ1n) is 10.0. The number of hydrogen-bond acceptors (Lipinski definition) is 5. The lowest BCUT2D eigenvalue weighted by atomic mass is 10.1. The molecular weight excluding hydrogens is 468 g/mol. The number of hydrogen-bond donors (Lipinski definition) is 1. The van der Waals surface area contributed by atoms with Crippen LogP contribution < -0.4 is 9.47 Å². The fourth-order valence-corrected chi connectivity index (χ4v) is 5.70. The molecule has 0 spiro atoms. The average Bonchev–Trinajstić information content (AvgIpc) is 3.25. The van der Waals surface area contributed by atoms with Crippen LogP contribution in [-0.2, 0) is 16.7 Å². The normalized spacial score (nSPS) is 15.2. The molecule has 0 unspecified atom stereocenters. The van der Waals surface area contributed by atoms with Crippen LogP contribution in [0.3, 0.4) is 0 Å². The van der Waals surface area contributed by atoms with E-state index >= 15 is 0 Å². The summed E-state index contributed by atoms with van der Waals surface area (Å²) in [5, 5.41) is 3.73. The van der Waals surface area contributed by atoms with E-state index in [0.29, 0.717) is 23.0 Å². The summed E-state index contributed by atoms with van der Waals surface area (Å²) < 4.78 is 40.0. The summed E-state index contributed by atoms with van der Waals surface area (Å²) in [4.78, 5) is 3.15. The lowest BCUT2D eigenvalue weighted by molar-refractivity contribution is -0.677. The summed E-state index contributed by atoms with van der Waals surface area (Å²) in [5.41, 5.74) is 2.64. The van der Waals surface area contributed by atoms with Crippen molar-refractivity contribution < 1.29 is 22.0 Å². The molecule has 0 atom stereocenters. The Bertz CT molecular complexity index is 1490. The summed E-state index contributed by atoms with van der Waals surface area (Å²) in [6.45, 7) is 0.382. The third kappa shape index (κ3) is 3.99. The van der Waals surface area contributed by atoms with Gasteiger partial charge in [0.1, 0.15) is 0 Å². The van der Waals surface area contributed by atoms with E-state index in [1.54, 1.807) is 11.8 Å². The maximum atomic E-state index is 11.3. The number of aryl methyl sites for hydroxylation is 1. The molecule has 1 N–H and O–H groups in total. The number of anilines is 1. The number of benzene rings is 3. The van der Waals surface area contributed by atoms with Crippen molar-refractivity contribution in [2.24, 2.45) is 0 Å². The number of nitrogens with zero attached hydrogens (tertiary/aromatic N) is 2. The van der Waals surface area contributed by atoms with Crippen molar-refractivity contribution >= 4 is 67.1 Å². The Morgan fingerprint density at radius 1 is 1.19 bits per heavy atom. The molecule has 0 aliphatic carbocycles. The van der Waals surface area contributed by atoms with Gasteiger partial charge in [-0.05, 0) is 35.7 Å². The Hall–Kier alpha value is -2.52. The van der Waals surface area contributed by atoms with Crippen molar-refractivity contribution in [3.63, 3.8) is 0 Å². The van der Waals surface area contributed by atoms with E-state index in [1.165, 1.54) is 0 Å². The lowest BCUT2D eigenvalue weighted by Gasteiger charge is -2.12. The van der Waals surface area contributed by atoms with Gasteiger partial charge in [0.2, 0.25) is 5.58 Å². The number of oxazole rings is 1. The summed E-state index contributed by atoms with van der Waals surface area (Å²) in [7, 11) is -2.07. The topological polar surface area (TPSA) is 74.6 Å². The maximum Gasteiger partial charge on any atom is 0.376 e. The van der Waals surface area contributed by atoms with Crippen molar-refractivity contribution in [3.05, 3.63) is 70.5 Å². The van der Waals surface area contributed by atoms with Crippen LogP contribution in [0, 0.1) is 0 Å². The summed E-state index contributed by atoms with van der Waals surface area (Å²) in [6.07, 6.45) is 2.22. The van der Waals surface area contributed by atoms with E-state index in [0.717, 1.165) is 31.9 Å². The van der Waals surface area contributed by atoms with Gasteiger partial charge < -0.3 is 9.32 Å². The third-order valence-corrected chi connectivity index (χ3v) is 7.68. The van der Waals surface area contributed by atoms with Gasteiger partial charge in [-0.25, -0.2) is 0 Å². The summed E-state index contributed by atoms with van der Waals surface area (Å²) in [5.74, 6) is 0.298. The van der Waals surface area contributed by atoms with E-state index in [4.69, 9.17) is 16.0 Å². The molecule has 0 radical (unpaired) electrons. The first-order chi connectivity index (χ1) is 15.3. The highest BCUT2D eigenvalue weighted by atomic mass is 35.5. The monoisotopic (exact) mass is 487 g/mol. The van der Waals surface area contributed by atoms with Gasteiger partial charge >= 0.3 is 5.89 Å². The Morgan fingerprint density at radius 3 is 2.81 bits per heavy atom. The molecule has 0 saturated heterocycles. The fourth-order valence-electron chi connectivity index (χ4n) is 3.98. The summed E-state index contributed by atoms with van der Waals surface area (Å²) in [6, 6.07) is 17.7. The van der Waals surface area contributed by atoms with E-state index in [9.17, 15) is 13.0 Å². The second kappa shape index (κ2) is 8.12. The molecule has 0 fully saturated rings. The Labute approximate surface area is 194 Å². The van der Waals surface area contributed by atoms with Gasteiger partial charge in [-0.1, -0.05) is 47.6 Å². The van der Waals surface area contributed by atoms with Crippen LogP contribution in [0.1, 0.15) is 12.3 Å². The van der Waals surface area contributed by atoms with Crippen LogP contribution in [-0.4, -0.2) is 25.8 Å². The number of fused-ring (bicyclic) bond motifs is 4. The van der Waals surface area contributed by atoms with Gasteiger partial charge in [-0.15, -0.1) is 0 Å². The molecule has 164 valence electrons. The number of aromatic nitrogens is 1. The van der Waals surface area contributed by atoms with Crippen molar-refractivity contribution in [1.29, 1.82) is 0 Å². The van der Waals surface area contributed by atoms with Crippen molar-refractivity contribution in [2.75, 3.05) is 17.7 Å². The van der Waals surface area contributed by atoms with Crippen LogP contribution in [0.15, 0.2) is 68.9 Å². The second-order valence-corrected chi connectivity index (χ2v) is 10.7. The second-order valence-electron chi connectivity index (χ2n) is 7.62. The van der Waals surface area contributed by atoms with Crippen LogP contribution in [0.5, 0.6) is 0 Å². The smallest absolute Gasteiger partial charge is 0.376 e. The molecular formula is C23H20ClN2O4S2+. The van der Waals surface area contributed by atoms with Gasteiger partial charge in [0.15, 0.2) is 6.54 Å². The van der Waals surface area contributed by atoms with E-state index in [-0.39, 0.29) is 12.2 Å². The third-order valence-electron chi connectivity index (χ3n) is 5.47. The largest absolute Gasteiger partial charge is 0.398 e. The first-order valence-corrected chi connectivity index (χ1v) is 12.8. The highest BCUT2D eigenvalue weighted by molar-refractivity contribution is 8.03. The molecule has 6 nitrogen and oxygen atoms in total. The minimum Gasteiger partial charge on any atom is -0.398 e. The van der Waals surface area contributed by atoms with Gasteiger partial charge in [0.05, 0.1) is 27.9 Å². The Balaban J connectivity index is 1.63. The maximum absolute atomic E-state index is 11.3. The molecule has 0 bridgehead atoms. The van der Waals surface area contributed by atoms with Crippen molar-refractivity contribution in [2.45, 2.75) is 17.9 Å². The number of thioether (sulfide) groups is 1. The standard InChI is InChI=1S/C23H19ClN2O4S2/c1-25-18-13-16(24)8-10-20(18)31-22(25)14-21-26(11-4-12-32(27,28)29)23-17-6-3-2-5-15(17)7-9-19(23)30-21/h2-3,5-10,13-14H,4,11-12H2,1H3/p+1. The number of halogens is 1. The molecule has 1 aliphatic heterocycles. The highest BCUT2D eigenvalue weighted by Gasteiger charge is 2.28. The van der Waals surface area contributed by atoms with Crippen molar-refractivity contribution in [1.82, 2.24) is 0 Å². The molecule has 0 saturated carbocycles. The zero-order valence-corrected chi connectivity index (χ0v) is 19.5. The van der Waals surface area contributed by atoms with Crippen LogP contribution >= 0.6 is 23.4 Å². The van der Waals surface area contributed by atoms with Gasteiger partial charge in [-0.2, -0.15) is 13.0 Å². The van der Waals surface area contributed by atoms with Gasteiger partial charge in [0, 0.05) is 23.4 Å². The highest BCUT2D eigenvalue weighted by Crippen LogP contribution is 2.46. The zero-order chi connectivity index (χ0) is 22.5. The van der Waals surface area contributed by atoms with Crippen LogP contribution in [0.2, 0.25) is 5.02 Å². The Kier molecular flexibility index (Phi) is 5.41. The van der Waals surface area contributed by atoms with Crippen LogP contribution in [0.4, 0.5) is 5.69 Å². The molecule has 4 aromatic rings. The predicted molar refractivity (Wildman–Crippen MR) is 129 cm³/mol. The molecule has 5 rings (SSSR count).